The van der Waals surface area contributed by atoms with Crippen LogP contribution in [0.25, 0.3) is 6.08 Å². The summed E-state index contributed by atoms with van der Waals surface area (Å²) in [6.45, 7) is 5.11. The summed E-state index contributed by atoms with van der Waals surface area (Å²) in [6, 6.07) is 6.27. The van der Waals surface area contributed by atoms with Crippen LogP contribution in [0.15, 0.2) is 29.7 Å². The molecule has 1 aliphatic heterocycles. The van der Waals surface area contributed by atoms with E-state index in [2.05, 4.69) is 9.97 Å². The van der Waals surface area contributed by atoms with Gasteiger partial charge in [-0.15, -0.1) is 11.3 Å². The van der Waals surface area contributed by atoms with Crippen molar-refractivity contribution in [1.82, 2.24) is 14.9 Å². The largest absolute Gasteiger partial charge is 0.458 e. The van der Waals surface area contributed by atoms with E-state index in [-0.39, 0.29) is 12.0 Å². The Morgan fingerprint density at radius 3 is 2.87 bits per heavy atom. The van der Waals surface area contributed by atoms with Gasteiger partial charge in [0.15, 0.2) is 0 Å². The Labute approximate surface area is 139 Å². The lowest BCUT2D eigenvalue weighted by molar-refractivity contribution is -0.125. The van der Waals surface area contributed by atoms with Gasteiger partial charge in [-0.3, -0.25) is 4.79 Å². The highest BCUT2D eigenvalue weighted by Gasteiger charge is 2.27. The second kappa shape index (κ2) is 6.91. The average Bonchev–Trinajstić information content (AvgIpc) is 3.15. The van der Waals surface area contributed by atoms with Gasteiger partial charge in [0, 0.05) is 35.3 Å². The molecule has 2 aromatic heterocycles. The topological polar surface area (TPSA) is 55.3 Å². The SMILES string of the molecule is Cc1cc(C)nc(OC2CCN(C(=O)C=Cc3cccs3)C2)n1. The van der Waals surface area contributed by atoms with Crippen LogP contribution in [0.5, 0.6) is 6.01 Å². The number of rotatable bonds is 4. The summed E-state index contributed by atoms with van der Waals surface area (Å²) in [5, 5.41) is 1.99. The summed E-state index contributed by atoms with van der Waals surface area (Å²) >= 11 is 1.61. The zero-order chi connectivity index (χ0) is 16.2. The molecule has 3 heterocycles. The van der Waals surface area contributed by atoms with Crippen molar-refractivity contribution in [1.29, 1.82) is 0 Å². The van der Waals surface area contributed by atoms with Gasteiger partial charge >= 0.3 is 6.01 Å². The minimum Gasteiger partial charge on any atom is -0.458 e. The predicted molar refractivity (Wildman–Crippen MR) is 90.5 cm³/mol. The molecule has 1 saturated heterocycles. The molecule has 6 heteroatoms. The van der Waals surface area contributed by atoms with Crippen molar-refractivity contribution in [2.75, 3.05) is 13.1 Å². The van der Waals surface area contributed by atoms with E-state index >= 15 is 0 Å². The lowest BCUT2D eigenvalue weighted by Gasteiger charge is -2.15. The van der Waals surface area contributed by atoms with Crippen LogP contribution in [0.4, 0.5) is 0 Å². The third-order valence-corrected chi connectivity index (χ3v) is 4.46. The molecular formula is C17H19N3O2S. The molecule has 5 nitrogen and oxygen atoms in total. The number of hydrogen-bond donors (Lipinski definition) is 0. The number of carbonyl (C=O) groups excluding carboxylic acids is 1. The van der Waals surface area contributed by atoms with Crippen LogP contribution < -0.4 is 4.74 Å². The Bertz CT molecular complexity index is 692. The Hall–Kier alpha value is -2.21. The number of aromatic nitrogens is 2. The normalized spacial score (nSPS) is 17.8. The highest BCUT2D eigenvalue weighted by Crippen LogP contribution is 2.17. The quantitative estimate of drug-likeness (QED) is 0.810. The maximum absolute atomic E-state index is 12.2. The molecule has 0 aliphatic carbocycles. The van der Waals surface area contributed by atoms with Gasteiger partial charge in [0.1, 0.15) is 6.10 Å². The minimum absolute atomic E-state index is 0.0193. The summed E-state index contributed by atoms with van der Waals surface area (Å²) in [5.41, 5.74) is 1.77. The van der Waals surface area contributed by atoms with Crippen molar-refractivity contribution in [2.24, 2.45) is 0 Å². The molecule has 1 aliphatic rings. The van der Waals surface area contributed by atoms with E-state index in [0.717, 1.165) is 22.7 Å². The molecule has 1 unspecified atom stereocenters. The lowest BCUT2D eigenvalue weighted by Crippen LogP contribution is -2.29. The maximum atomic E-state index is 12.2. The number of hydrogen-bond acceptors (Lipinski definition) is 5. The first-order valence-corrected chi connectivity index (χ1v) is 8.47. The van der Waals surface area contributed by atoms with Crippen LogP contribution in [0, 0.1) is 13.8 Å². The number of amides is 1. The van der Waals surface area contributed by atoms with Crippen molar-refractivity contribution >= 4 is 23.3 Å². The molecule has 2 aromatic rings. The second-order valence-corrected chi connectivity index (χ2v) is 6.57. The van der Waals surface area contributed by atoms with Crippen LogP contribution in [0.1, 0.15) is 22.7 Å². The van der Waals surface area contributed by atoms with E-state index in [1.165, 1.54) is 0 Å². The zero-order valence-electron chi connectivity index (χ0n) is 13.2. The number of aryl methyl sites for hydroxylation is 2. The van der Waals surface area contributed by atoms with Crippen molar-refractivity contribution < 1.29 is 9.53 Å². The molecule has 3 rings (SSSR count). The fourth-order valence-corrected chi connectivity index (χ4v) is 3.18. The van der Waals surface area contributed by atoms with E-state index in [1.807, 2.05) is 43.5 Å². The predicted octanol–water partition coefficient (Wildman–Crippen LogP) is 2.85. The molecule has 23 heavy (non-hydrogen) atoms. The Kier molecular flexibility index (Phi) is 4.71. The van der Waals surface area contributed by atoms with Gasteiger partial charge in [-0.25, -0.2) is 9.97 Å². The molecule has 0 N–H and O–H groups in total. The minimum atomic E-state index is -0.0460. The molecule has 1 amide bonds. The fraction of sp³-hybridized carbons (Fsp3) is 0.353. The number of likely N-dealkylation sites (tertiary alicyclic amines) is 1. The van der Waals surface area contributed by atoms with Crippen molar-refractivity contribution in [3.05, 3.63) is 45.9 Å². The Balaban J connectivity index is 1.56. The lowest BCUT2D eigenvalue weighted by atomic mass is 10.3. The van der Waals surface area contributed by atoms with E-state index in [0.29, 0.717) is 19.1 Å². The first kappa shape index (κ1) is 15.7. The number of carbonyl (C=O) groups is 1. The number of nitrogens with zero attached hydrogens (tertiary/aromatic N) is 3. The second-order valence-electron chi connectivity index (χ2n) is 5.59. The number of ether oxygens (including phenoxy) is 1. The van der Waals surface area contributed by atoms with Crippen molar-refractivity contribution in [2.45, 2.75) is 26.4 Å². The third kappa shape index (κ3) is 4.16. The fourth-order valence-electron chi connectivity index (χ4n) is 2.56. The smallest absolute Gasteiger partial charge is 0.317 e. The first-order valence-electron chi connectivity index (χ1n) is 7.59. The van der Waals surface area contributed by atoms with Gasteiger partial charge in [0.2, 0.25) is 5.91 Å². The monoisotopic (exact) mass is 329 g/mol. The average molecular weight is 329 g/mol. The molecule has 0 aromatic carbocycles. The molecule has 1 fully saturated rings. The summed E-state index contributed by atoms with van der Waals surface area (Å²) < 4.78 is 5.83. The molecule has 0 radical (unpaired) electrons. The molecular weight excluding hydrogens is 310 g/mol. The zero-order valence-corrected chi connectivity index (χ0v) is 14.0. The van der Waals surface area contributed by atoms with Gasteiger partial charge in [0.25, 0.3) is 0 Å². The van der Waals surface area contributed by atoms with Gasteiger partial charge in [0.05, 0.1) is 6.54 Å². The maximum Gasteiger partial charge on any atom is 0.317 e. The molecule has 0 saturated carbocycles. The van der Waals surface area contributed by atoms with E-state index in [1.54, 1.807) is 22.3 Å². The summed E-state index contributed by atoms with van der Waals surface area (Å²) in [5.74, 6) is 0.0193. The standard InChI is InChI=1S/C17H19N3O2S/c1-12-10-13(2)19-17(18-12)22-14-7-8-20(11-14)16(21)6-5-15-4-3-9-23-15/h3-6,9-10,14H,7-8,11H2,1-2H3. The van der Waals surface area contributed by atoms with Crippen molar-refractivity contribution in [3.63, 3.8) is 0 Å². The highest BCUT2D eigenvalue weighted by atomic mass is 32.1. The van der Waals surface area contributed by atoms with Crippen LogP contribution in [-0.2, 0) is 4.79 Å². The molecule has 1 atom stereocenters. The van der Waals surface area contributed by atoms with Crippen LogP contribution in [0.2, 0.25) is 0 Å². The van der Waals surface area contributed by atoms with Gasteiger partial charge in [-0.2, -0.15) is 0 Å². The van der Waals surface area contributed by atoms with Crippen LogP contribution in [0.3, 0.4) is 0 Å². The van der Waals surface area contributed by atoms with Gasteiger partial charge in [-0.05, 0) is 37.4 Å². The Morgan fingerprint density at radius 2 is 2.17 bits per heavy atom. The van der Waals surface area contributed by atoms with E-state index < -0.39 is 0 Å². The summed E-state index contributed by atoms with van der Waals surface area (Å²) in [7, 11) is 0. The third-order valence-electron chi connectivity index (χ3n) is 3.62. The van der Waals surface area contributed by atoms with Crippen molar-refractivity contribution in [3.8, 4) is 6.01 Å². The molecule has 0 bridgehead atoms. The Morgan fingerprint density at radius 1 is 1.39 bits per heavy atom. The highest BCUT2D eigenvalue weighted by molar-refractivity contribution is 7.10. The van der Waals surface area contributed by atoms with Gasteiger partial charge < -0.3 is 9.64 Å². The van der Waals surface area contributed by atoms with E-state index in [9.17, 15) is 4.79 Å². The molecule has 0 spiro atoms. The first-order chi connectivity index (χ1) is 11.1. The molecule has 120 valence electrons. The van der Waals surface area contributed by atoms with Crippen LogP contribution in [-0.4, -0.2) is 40.0 Å². The summed E-state index contributed by atoms with van der Waals surface area (Å²) in [4.78, 5) is 23.7. The summed E-state index contributed by atoms with van der Waals surface area (Å²) in [6.07, 6.45) is 4.24. The van der Waals surface area contributed by atoms with Crippen LogP contribution >= 0.6 is 11.3 Å². The number of thiophene rings is 1. The van der Waals surface area contributed by atoms with E-state index in [4.69, 9.17) is 4.74 Å². The van der Waals surface area contributed by atoms with Gasteiger partial charge in [-0.1, -0.05) is 6.07 Å².